The van der Waals surface area contributed by atoms with Crippen LogP contribution in [0.15, 0.2) is 12.1 Å². The summed E-state index contributed by atoms with van der Waals surface area (Å²) in [6, 6.07) is 3.39. The van der Waals surface area contributed by atoms with E-state index in [0.29, 0.717) is 15.8 Å². The second kappa shape index (κ2) is 6.58. The van der Waals surface area contributed by atoms with Crippen LogP contribution in [0.5, 0.6) is 0 Å². The lowest BCUT2D eigenvalue weighted by Crippen LogP contribution is -2.45. The summed E-state index contributed by atoms with van der Waals surface area (Å²) < 4.78 is 0. The molecule has 6 heteroatoms. The summed E-state index contributed by atoms with van der Waals surface area (Å²) in [4.78, 5) is 23.6. The number of carbonyl (C=O) groups is 2. The fraction of sp³-hybridized carbons (Fsp3) is 0.600. The van der Waals surface area contributed by atoms with Gasteiger partial charge in [-0.2, -0.15) is 0 Å². The van der Waals surface area contributed by atoms with Gasteiger partial charge >= 0.3 is 0 Å². The van der Waals surface area contributed by atoms with Gasteiger partial charge in [0.05, 0.1) is 15.5 Å². The van der Waals surface area contributed by atoms with Crippen molar-refractivity contribution in [2.24, 2.45) is 5.92 Å². The van der Waals surface area contributed by atoms with Gasteiger partial charge in [-0.05, 0) is 30.9 Å². The maximum atomic E-state index is 12.1. The first-order valence-electron chi connectivity index (χ1n) is 7.26. The van der Waals surface area contributed by atoms with E-state index in [1.165, 1.54) is 18.3 Å². The van der Waals surface area contributed by atoms with Crippen molar-refractivity contribution in [3.05, 3.63) is 17.0 Å². The van der Waals surface area contributed by atoms with Crippen LogP contribution in [-0.2, 0) is 4.79 Å². The van der Waals surface area contributed by atoms with Gasteiger partial charge in [0.15, 0.2) is 0 Å². The molecule has 0 aliphatic heterocycles. The molecule has 2 atom stereocenters. The summed E-state index contributed by atoms with van der Waals surface area (Å²) in [5, 5.41) is 16.6. The summed E-state index contributed by atoms with van der Waals surface area (Å²) >= 11 is 1.23. The fourth-order valence-corrected chi connectivity index (χ4v) is 3.69. The SMILES string of the molecule is CC(=O)Nc1ccc(C(=O)NCC2(O)CCCC(C)C2)s1. The maximum absolute atomic E-state index is 12.1. The van der Waals surface area contributed by atoms with E-state index in [9.17, 15) is 14.7 Å². The van der Waals surface area contributed by atoms with Crippen molar-refractivity contribution in [3.8, 4) is 0 Å². The Morgan fingerprint density at radius 1 is 1.48 bits per heavy atom. The first-order chi connectivity index (χ1) is 9.88. The number of nitrogens with one attached hydrogen (secondary N) is 2. The third kappa shape index (κ3) is 4.54. The van der Waals surface area contributed by atoms with Gasteiger partial charge in [0.25, 0.3) is 5.91 Å². The molecule has 1 aliphatic rings. The van der Waals surface area contributed by atoms with Crippen molar-refractivity contribution in [1.82, 2.24) is 5.32 Å². The van der Waals surface area contributed by atoms with E-state index in [1.54, 1.807) is 12.1 Å². The highest BCUT2D eigenvalue weighted by Crippen LogP contribution is 2.31. The molecule has 1 aromatic heterocycles. The summed E-state index contributed by atoms with van der Waals surface area (Å²) in [6.45, 7) is 3.84. The number of rotatable bonds is 4. The molecule has 5 nitrogen and oxygen atoms in total. The highest BCUT2D eigenvalue weighted by atomic mass is 32.1. The summed E-state index contributed by atoms with van der Waals surface area (Å²) in [6.07, 6.45) is 3.61. The molecular formula is C15H22N2O3S. The number of carbonyl (C=O) groups excluding carboxylic acids is 2. The lowest BCUT2D eigenvalue weighted by molar-refractivity contribution is -0.114. The zero-order valence-electron chi connectivity index (χ0n) is 12.4. The Hall–Kier alpha value is -1.40. The maximum Gasteiger partial charge on any atom is 0.261 e. The average molecular weight is 310 g/mol. The Labute approximate surface area is 128 Å². The molecule has 2 unspecified atom stereocenters. The number of anilines is 1. The number of aliphatic hydroxyl groups is 1. The Morgan fingerprint density at radius 2 is 2.24 bits per heavy atom. The van der Waals surface area contributed by atoms with Crippen LogP contribution in [0.2, 0.25) is 0 Å². The lowest BCUT2D eigenvalue weighted by Gasteiger charge is -2.35. The molecule has 1 aliphatic carbocycles. The van der Waals surface area contributed by atoms with Gasteiger partial charge in [-0.3, -0.25) is 9.59 Å². The number of amides is 2. The summed E-state index contributed by atoms with van der Waals surface area (Å²) in [7, 11) is 0. The number of thiophene rings is 1. The van der Waals surface area contributed by atoms with Crippen LogP contribution in [0.4, 0.5) is 5.00 Å². The van der Waals surface area contributed by atoms with E-state index in [2.05, 4.69) is 17.6 Å². The first kappa shape index (κ1) is 16.0. The molecule has 1 saturated carbocycles. The molecule has 0 aromatic carbocycles. The van der Waals surface area contributed by atoms with E-state index in [4.69, 9.17) is 0 Å². The van der Waals surface area contributed by atoms with Crippen molar-refractivity contribution in [1.29, 1.82) is 0 Å². The minimum atomic E-state index is -0.787. The van der Waals surface area contributed by atoms with Gasteiger partial charge in [-0.15, -0.1) is 11.3 Å². The smallest absolute Gasteiger partial charge is 0.261 e. The largest absolute Gasteiger partial charge is 0.388 e. The normalized spacial score (nSPS) is 25.4. The lowest BCUT2D eigenvalue weighted by atomic mass is 9.79. The van der Waals surface area contributed by atoms with Crippen molar-refractivity contribution in [2.45, 2.75) is 45.1 Å². The fourth-order valence-electron chi connectivity index (χ4n) is 2.83. The zero-order valence-corrected chi connectivity index (χ0v) is 13.3. The van der Waals surface area contributed by atoms with Gasteiger partial charge < -0.3 is 15.7 Å². The summed E-state index contributed by atoms with van der Waals surface area (Å²) in [5.41, 5.74) is -0.787. The van der Waals surface area contributed by atoms with Crippen LogP contribution >= 0.6 is 11.3 Å². The standard InChI is InChI=1S/C15H22N2O3S/c1-10-4-3-7-15(20,8-10)9-16-14(19)12-5-6-13(21-12)17-11(2)18/h5-6,10,20H,3-4,7-9H2,1-2H3,(H,16,19)(H,17,18). The van der Waals surface area contributed by atoms with Crippen LogP contribution in [-0.4, -0.2) is 29.1 Å². The van der Waals surface area contributed by atoms with Crippen molar-refractivity contribution >= 4 is 28.2 Å². The third-order valence-electron chi connectivity index (χ3n) is 3.77. The summed E-state index contributed by atoms with van der Waals surface area (Å²) in [5.74, 6) is 0.131. The third-order valence-corrected chi connectivity index (χ3v) is 4.77. The van der Waals surface area contributed by atoms with E-state index in [-0.39, 0.29) is 18.4 Å². The topological polar surface area (TPSA) is 78.4 Å². The molecule has 116 valence electrons. The quantitative estimate of drug-likeness (QED) is 0.799. The molecule has 0 radical (unpaired) electrons. The zero-order chi connectivity index (χ0) is 15.5. The van der Waals surface area contributed by atoms with Crippen LogP contribution < -0.4 is 10.6 Å². The molecule has 1 fully saturated rings. The average Bonchev–Trinajstić information content (AvgIpc) is 2.83. The van der Waals surface area contributed by atoms with Crippen molar-refractivity contribution in [2.75, 3.05) is 11.9 Å². The van der Waals surface area contributed by atoms with Gasteiger partial charge in [0.1, 0.15) is 0 Å². The predicted molar refractivity (Wildman–Crippen MR) is 83.5 cm³/mol. The van der Waals surface area contributed by atoms with Crippen molar-refractivity contribution in [3.63, 3.8) is 0 Å². The van der Waals surface area contributed by atoms with E-state index in [0.717, 1.165) is 25.7 Å². The molecule has 3 N–H and O–H groups in total. The minimum absolute atomic E-state index is 0.158. The van der Waals surface area contributed by atoms with E-state index in [1.807, 2.05) is 0 Å². The van der Waals surface area contributed by atoms with Gasteiger partial charge in [-0.1, -0.05) is 19.8 Å². The molecule has 2 rings (SSSR count). The predicted octanol–water partition coefficient (Wildman–Crippen LogP) is 2.38. The monoisotopic (exact) mass is 310 g/mol. The van der Waals surface area contributed by atoms with Gasteiger partial charge in [-0.25, -0.2) is 0 Å². The second-order valence-corrected chi connectivity index (χ2v) is 7.04. The van der Waals surface area contributed by atoms with Gasteiger partial charge in [0.2, 0.25) is 5.91 Å². The van der Waals surface area contributed by atoms with Gasteiger partial charge in [0, 0.05) is 13.5 Å². The molecule has 21 heavy (non-hydrogen) atoms. The molecule has 0 saturated heterocycles. The number of hydrogen-bond donors (Lipinski definition) is 3. The molecular weight excluding hydrogens is 288 g/mol. The molecule has 0 bridgehead atoms. The van der Waals surface area contributed by atoms with Crippen LogP contribution in [0.25, 0.3) is 0 Å². The highest BCUT2D eigenvalue weighted by molar-refractivity contribution is 7.18. The minimum Gasteiger partial charge on any atom is -0.388 e. The molecule has 0 spiro atoms. The van der Waals surface area contributed by atoms with Crippen LogP contribution in [0.3, 0.4) is 0 Å². The molecule has 1 aromatic rings. The van der Waals surface area contributed by atoms with E-state index >= 15 is 0 Å². The Kier molecular flexibility index (Phi) is 5.00. The van der Waals surface area contributed by atoms with Crippen molar-refractivity contribution < 1.29 is 14.7 Å². The Bertz CT molecular complexity index is 529. The van der Waals surface area contributed by atoms with Crippen LogP contribution in [0, 0.1) is 5.92 Å². The second-order valence-electron chi connectivity index (χ2n) is 5.95. The first-order valence-corrected chi connectivity index (χ1v) is 8.08. The number of hydrogen-bond acceptors (Lipinski definition) is 4. The molecule has 1 heterocycles. The van der Waals surface area contributed by atoms with E-state index < -0.39 is 5.60 Å². The van der Waals surface area contributed by atoms with Crippen LogP contribution in [0.1, 0.15) is 49.2 Å². The Morgan fingerprint density at radius 3 is 2.90 bits per heavy atom. The molecule has 2 amide bonds. The Balaban J connectivity index is 1.89. The highest BCUT2D eigenvalue weighted by Gasteiger charge is 2.33.